The van der Waals surface area contributed by atoms with Crippen molar-refractivity contribution >= 4 is 5.91 Å². The van der Waals surface area contributed by atoms with E-state index in [9.17, 15) is 9.90 Å². The molecule has 1 amide bonds. The molecule has 2 N–H and O–H groups in total. The first kappa shape index (κ1) is 18.8. The molecule has 140 valence electrons. The van der Waals surface area contributed by atoms with E-state index in [1.165, 1.54) is 7.11 Å². The smallest absolute Gasteiger partial charge is 0.251 e. The molecule has 3 rings (SSSR count). The number of aliphatic hydroxyl groups is 1. The molecule has 3 aromatic rings. The SMILES string of the molecule is COC[C@@H](O)CNC(=O)c1ccc(-c2nnc(-c3ccc(C)cc3)o2)cc1. The van der Waals surface area contributed by atoms with Crippen LogP contribution in [-0.4, -0.2) is 47.6 Å². The van der Waals surface area contributed by atoms with Crippen LogP contribution in [0.3, 0.4) is 0 Å². The third-order valence-corrected chi connectivity index (χ3v) is 3.97. The van der Waals surface area contributed by atoms with Crippen LogP contribution in [-0.2, 0) is 4.74 Å². The molecule has 1 heterocycles. The number of ether oxygens (including phenoxy) is 1. The molecular formula is C20H21N3O4. The van der Waals surface area contributed by atoms with Crippen molar-refractivity contribution in [3.05, 3.63) is 59.7 Å². The first-order chi connectivity index (χ1) is 13.1. The molecule has 0 unspecified atom stereocenters. The summed E-state index contributed by atoms with van der Waals surface area (Å²) in [5, 5.41) is 20.4. The van der Waals surface area contributed by atoms with Crippen molar-refractivity contribution in [2.24, 2.45) is 0 Å². The highest BCUT2D eigenvalue weighted by molar-refractivity contribution is 5.94. The van der Waals surface area contributed by atoms with Crippen LogP contribution in [0.25, 0.3) is 22.9 Å². The van der Waals surface area contributed by atoms with Crippen LogP contribution in [0, 0.1) is 6.92 Å². The molecule has 0 aliphatic rings. The highest BCUT2D eigenvalue weighted by atomic mass is 16.5. The van der Waals surface area contributed by atoms with Gasteiger partial charge < -0.3 is 19.6 Å². The van der Waals surface area contributed by atoms with Gasteiger partial charge in [-0.15, -0.1) is 10.2 Å². The zero-order valence-electron chi connectivity index (χ0n) is 15.2. The number of nitrogens with one attached hydrogen (secondary N) is 1. The molecule has 0 saturated carbocycles. The van der Waals surface area contributed by atoms with Gasteiger partial charge in [0.25, 0.3) is 5.91 Å². The molecule has 1 atom stereocenters. The third kappa shape index (κ3) is 4.78. The summed E-state index contributed by atoms with van der Waals surface area (Å²) in [6.45, 7) is 2.30. The van der Waals surface area contributed by atoms with Crippen LogP contribution in [0.5, 0.6) is 0 Å². The molecule has 2 aromatic carbocycles. The highest BCUT2D eigenvalue weighted by Crippen LogP contribution is 2.24. The Bertz CT molecular complexity index is 888. The standard InChI is InChI=1S/C20H21N3O4/c1-13-3-5-15(6-4-13)19-22-23-20(27-19)16-9-7-14(8-10-16)18(25)21-11-17(24)12-26-2/h3-10,17,24H,11-12H2,1-2H3,(H,21,25)/t17-/m0/s1. The van der Waals surface area contributed by atoms with E-state index < -0.39 is 6.10 Å². The molecule has 0 radical (unpaired) electrons. The summed E-state index contributed by atoms with van der Waals surface area (Å²) in [5.74, 6) is 0.551. The maximum Gasteiger partial charge on any atom is 0.251 e. The van der Waals surface area contributed by atoms with Crippen LogP contribution >= 0.6 is 0 Å². The summed E-state index contributed by atoms with van der Waals surface area (Å²) in [7, 11) is 1.49. The fraction of sp³-hybridized carbons (Fsp3) is 0.250. The van der Waals surface area contributed by atoms with Gasteiger partial charge in [0.15, 0.2) is 0 Å². The van der Waals surface area contributed by atoms with Gasteiger partial charge in [0.1, 0.15) is 0 Å². The number of hydrogen-bond acceptors (Lipinski definition) is 6. The summed E-state index contributed by atoms with van der Waals surface area (Å²) in [6, 6.07) is 14.6. The number of rotatable bonds is 7. The van der Waals surface area contributed by atoms with Crippen LogP contribution in [0.15, 0.2) is 52.9 Å². The maximum absolute atomic E-state index is 12.1. The van der Waals surface area contributed by atoms with Crippen LogP contribution in [0.4, 0.5) is 0 Å². The second kappa shape index (κ2) is 8.57. The molecule has 0 fully saturated rings. The second-order valence-electron chi connectivity index (χ2n) is 6.17. The van der Waals surface area contributed by atoms with Crippen molar-refractivity contribution in [3.8, 4) is 22.9 Å². The number of amides is 1. The minimum absolute atomic E-state index is 0.123. The lowest BCUT2D eigenvalue weighted by Crippen LogP contribution is -2.34. The number of methoxy groups -OCH3 is 1. The molecule has 27 heavy (non-hydrogen) atoms. The van der Waals surface area contributed by atoms with Gasteiger partial charge in [-0.05, 0) is 43.3 Å². The van der Waals surface area contributed by atoms with E-state index in [0.717, 1.165) is 16.7 Å². The fourth-order valence-corrected chi connectivity index (χ4v) is 2.48. The first-order valence-corrected chi connectivity index (χ1v) is 8.53. The van der Waals surface area contributed by atoms with Gasteiger partial charge >= 0.3 is 0 Å². The zero-order valence-corrected chi connectivity index (χ0v) is 15.2. The van der Waals surface area contributed by atoms with Crippen LogP contribution in [0.1, 0.15) is 15.9 Å². The Morgan fingerprint density at radius 2 is 1.63 bits per heavy atom. The number of aromatic nitrogens is 2. The molecule has 7 nitrogen and oxygen atoms in total. The van der Waals surface area contributed by atoms with E-state index in [1.807, 2.05) is 31.2 Å². The molecule has 7 heteroatoms. The first-order valence-electron chi connectivity index (χ1n) is 8.53. The maximum atomic E-state index is 12.1. The van der Waals surface area contributed by atoms with E-state index in [4.69, 9.17) is 9.15 Å². The monoisotopic (exact) mass is 367 g/mol. The van der Waals surface area contributed by atoms with Gasteiger partial charge in [-0.3, -0.25) is 4.79 Å². The lowest BCUT2D eigenvalue weighted by atomic mass is 10.1. The van der Waals surface area contributed by atoms with E-state index in [-0.39, 0.29) is 19.1 Å². The Hall–Kier alpha value is -3.03. The molecule has 1 aromatic heterocycles. The van der Waals surface area contributed by atoms with Gasteiger partial charge in [-0.2, -0.15) is 0 Å². The number of carbonyl (C=O) groups excluding carboxylic acids is 1. The Balaban J connectivity index is 1.67. The quantitative estimate of drug-likeness (QED) is 0.666. The van der Waals surface area contributed by atoms with Crippen molar-refractivity contribution in [3.63, 3.8) is 0 Å². The van der Waals surface area contributed by atoms with Crippen LogP contribution < -0.4 is 5.32 Å². The summed E-state index contributed by atoms with van der Waals surface area (Å²) in [5.41, 5.74) is 3.20. The minimum atomic E-state index is -0.739. The molecular weight excluding hydrogens is 346 g/mol. The average molecular weight is 367 g/mol. The topological polar surface area (TPSA) is 97.5 Å². The Kier molecular flexibility index (Phi) is 5.95. The largest absolute Gasteiger partial charge is 0.416 e. The number of aliphatic hydroxyl groups excluding tert-OH is 1. The molecule has 0 saturated heterocycles. The van der Waals surface area contributed by atoms with Gasteiger partial charge in [0.2, 0.25) is 11.8 Å². The van der Waals surface area contributed by atoms with Crippen molar-refractivity contribution < 1.29 is 19.1 Å². The van der Waals surface area contributed by atoms with Crippen molar-refractivity contribution in [1.82, 2.24) is 15.5 Å². The number of nitrogens with zero attached hydrogens (tertiary/aromatic N) is 2. The molecule has 0 aliphatic heterocycles. The van der Waals surface area contributed by atoms with Crippen LogP contribution in [0.2, 0.25) is 0 Å². The molecule has 0 spiro atoms. The number of carbonyl (C=O) groups is 1. The Labute approximate surface area is 157 Å². The van der Waals surface area contributed by atoms with E-state index in [1.54, 1.807) is 24.3 Å². The zero-order chi connectivity index (χ0) is 19.2. The van der Waals surface area contributed by atoms with Crippen molar-refractivity contribution in [2.45, 2.75) is 13.0 Å². The summed E-state index contributed by atoms with van der Waals surface area (Å²) < 4.78 is 10.6. The fourth-order valence-electron chi connectivity index (χ4n) is 2.48. The predicted molar refractivity (Wildman–Crippen MR) is 100 cm³/mol. The van der Waals surface area contributed by atoms with Crippen molar-refractivity contribution in [2.75, 3.05) is 20.3 Å². The van der Waals surface area contributed by atoms with Crippen molar-refractivity contribution in [1.29, 1.82) is 0 Å². The lowest BCUT2D eigenvalue weighted by molar-refractivity contribution is 0.0610. The van der Waals surface area contributed by atoms with Gasteiger partial charge in [-0.25, -0.2) is 0 Å². The molecule has 0 bridgehead atoms. The van der Waals surface area contributed by atoms with Gasteiger partial charge in [-0.1, -0.05) is 17.7 Å². The highest BCUT2D eigenvalue weighted by Gasteiger charge is 2.12. The van der Waals surface area contributed by atoms with Gasteiger partial charge in [0, 0.05) is 30.3 Å². The molecule has 0 aliphatic carbocycles. The number of benzene rings is 2. The predicted octanol–water partition coefficient (Wildman–Crippen LogP) is 2.45. The summed E-state index contributed by atoms with van der Waals surface area (Å²) in [6.07, 6.45) is -0.739. The average Bonchev–Trinajstić information content (AvgIpc) is 3.17. The summed E-state index contributed by atoms with van der Waals surface area (Å²) in [4.78, 5) is 12.1. The normalized spacial score (nSPS) is 12.0. The Morgan fingerprint density at radius 3 is 2.19 bits per heavy atom. The Morgan fingerprint density at radius 1 is 1.07 bits per heavy atom. The van der Waals surface area contributed by atoms with Gasteiger partial charge in [0.05, 0.1) is 12.7 Å². The lowest BCUT2D eigenvalue weighted by Gasteiger charge is -2.10. The third-order valence-electron chi connectivity index (χ3n) is 3.97. The van der Waals surface area contributed by atoms with E-state index >= 15 is 0 Å². The van der Waals surface area contributed by atoms with E-state index in [2.05, 4.69) is 15.5 Å². The number of hydrogen-bond donors (Lipinski definition) is 2. The minimum Gasteiger partial charge on any atom is -0.416 e. The second-order valence-corrected chi connectivity index (χ2v) is 6.17. The summed E-state index contributed by atoms with van der Waals surface area (Å²) >= 11 is 0. The number of aryl methyl sites for hydroxylation is 1. The van der Waals surface area contributed by atoms with E-state index in [0.29, 0.717) is 17.3 Å².